The molecule has 1 saturated heterocycles. The van der Waals surface area contributed by atoms with Crippen LogP contribution < -0.4 is 4.90 Å². The van der Waals surface area contributed by atoms with Crippen LogP contribution in [0.25, 0.3) is 0 Å². The van der Waals surface area contributed by atoms with Crippen LogP contribution in [-0.4, -0.2) is 43.8 Å². The van der Waals surface area contributed by atoms with Gasteiger partial charge in [-0.1, -0.05) is 12.1 Å². The molecule has 1 fully saturated rings. The molecule has 0 aromatic heterocycles. The first kappa shape index (κ1) is 15.0. The lowest BCUT2D eigenvalue weighted by Crippen LogP contribution is -2.16. The molecule has 0 radical (unpaired) electrons. The van der Waals surface area contributed by atoms with Gasteiger partial charge in [-0.3, -0.25) is 4.55 Å². The molecule has 1 aromatic carbocycles. The molecule has 7 heteroatoms. The summed E-state index contributed by atoms with van der Waals surface area (Å²) in [6, 6.07) is 8.28. The molecule has 0 saturated carbocycles. The SMILES string of the molecule is CN(C)c1ccc(C2SCC(CS(=O)(=O)O)S2)cc1. The van der Waals surface area contributed by atoms with Crippen LogP contribution in [0.15, 0.2) is 24.3 Å². The Morgan fingerprint density at radius 1 is 1.32 bits per heavy atom. The lowest BCUT2D eigenvalue weighted by molar-refractivity contribution is 0.483. The van der Waals surface area contributed by atoms with Gasteiger partial charge in [-0.15, -0.1) is 23.5 Å². The van der Waals surface area contributed by atoms with Crippen LogP contribution in [0.5, 0.6) is 0 Å². The van der Waals surface area contributed by atoms with Crippen molar-refractivity contribution in [3.05, 3.63) is 29.8 Å². The summed E-state index contributed by atoms with van der Waals surface area (Å²) < 4.78 is 30.9. The molecule has 19 heavy (non-hydrogen) atoms. The zero-order chi connectivity index (χ0) is 14.0. The summed E-state index contributed by atoms with van der Waals surface area (Å²) in [7, 11) is 0.121. The third-order valence-electron chi connectivity index (χ3n) is 2.83. The molecular formula is C12H17NO3S3. The van der Waals surface area contributed by atoms with E-state index < -0.39 is 10.1 Å². The minimum Gasteiger partial charge on any atom is -0.378 e. The molecule has 1 aromatic rings. The van der Waals surface area contributed by atoms with E-state index in [4.69, 9.17) is 4.55 Å². The van der Waals surface area contributed by atoms with Gasteiger partial charge in [0.2, 0.25) is 0 Å². The number of thioether (sulfide) groups is 2. The molecule has 1 aliphatic heterocycles. The van der Waals surface area contributed by atoms with Gasteiger partial charge in [0.25, 0.3) is 10.1 Å². The van der Waals surface area contributed by atoms with Crippen LogP contribution in [-0.2, 0) is 10.1 Å². The highest BCUT2D eigenvalue weighted by atomic mass is 32.2. The van der Waals surface area contributed by atoms with Crippen LogP contribution in [0.3, 0.4) is 0 Å². The van der Waals surface area contributed by atoms with E-state index in [0.717, 1.165) is 11.4 Å². The fourth-order valence-corrected chi connectivity index (χ4v) is 6.53. The molecule has 1 heterocycles. The molecule has 0 amide bonds. The fraction of sp³-hybridized carbons (Fsp3) is 0.500. The summed E-state index contributed by atoms with van der Waals surface area (Å²) in [6.45, 7) is 0. The molecule has 1 N–H and O–H groups in total. The minimum atomic E-state index is -3.87. The minimum absolute atomic E-state index is 0.0291. The third kappa shape index (κ3) is 4.30. The van der Waals surface area contributed by atoms with Crippen LogP contribution in [0.2, 0.25) is 0 Å². The van der Waals surface area contributed by atoms with Crippen molar-refractivity contribution in [3.63, 3.8) is 0 Å². The quantitative estimate of drug-likeness (QED) is 0.861. The lowest BCUT2D eigenvalue weighted by atomic mass is 10.2. The van der Waals surface area contributed by atoms with Crippen LogP contribution >= 0.6 is 23.5 Å². The zero-order valence-electron chi connectivity index (χ0n) is 10.8. The monoisotopic (exact) mass is 319 g/mol. The number of hydrogen-bond acceptors (Lipinski definition) is 5. The van der Waals surface area contributed by atoms with E-state index in [1.807, 2.05) is 19.0 Å². The molecule has 2 rings (SSSR count). The van der Waals surface area contributed by atoms with Crippen molar-refractivity contribution in [2.45, 2.75) is 9.83 Å². The van der Waals surface area contributed by atoms with Crippen molar-refractivity contribution < 1.29 is 13.0 Å². The smallest absolute Gasteiger partial charge is 0.265 e. The van der Waals surface area contributed by atoms with Crippen LogP contribution in [0.1, 0.15) is 10.1 Å². The summed E-state index contributed by atoms with van der Waals surface area (Å²) in [4.78, 5) is 2.04. The van der Waals surface area contributed by atoms with Gasteiger partial charge in [-0.25, -0.2) is 0 Å². The first-order valence-corrected chi connectivity index (χ1v) is 9.45. The average Bonchev–Trinajstić information content (AvgIpc) is 2.75. The number of benzene rings is 1. The second-order valence-corrected chi connectivity index (χ2v) is 9.00. The summed E-state index contributed by atoms with van der Waals surface area (Å²) in [5.41, 5.74) is 2.34. The van der Waals surface area contributed by atoms with Crippen molar-refractivity contribution in [2.24, 2.45) is 0 Å². The molecule has 2 unspecified atom stereocenters. The Labute approximate surface area is 122 Å². The molecule has 1 aliphatic rings. The summed E-state index contributed by atoms with van der Waals surface area (Å²) >= 11 is 3.35. The Morgan fingerprint density at radius 2 is 1.95 bits per heavy atom. The van der Waals surface area contributed by atoms with E-state index in [9.17, 15) is 8.42 Å². The van der Waals surface area contributed by atoms with E-state index >= 15 is 0 Å². The Balaban J connectivity index is 2.00. The second kappa shape index (κ2) is 5.95. The van der Waals surface area contributed by atoms with E-state index in [-0.39, 0.29) is 15.6 Å². The Kier molecular flexibility index (Phi) is 4.70. The number of anilines is 1. The van der Waals surface area contributed by atoms with E-state index in [1.165, 1.54) is 5.56 Å². The maximum absolute atomic E-state index is 10.9. The lowest BCUT2D eigenvalue weighted by Gasteiger charge is -2.14. The van der Waals surface area contributed by atoms with Crippen LogP contribution in [0.4, 0.5) is 5.69 Å². The van der Waals surface area contributed by atoms with Crippen LogP contribution in [0, 0.1) is 0 Å². The number of hydrogen-bond donors (Lipinski definition) is 1. The molecule has 0 aliphatic carbocycles. The number of nitrogens with zero attached hydrogens (tertiary/aromatic N) is 1. The molecule has 0 bridgehead atoms. The highest BCUT2D eigenvalue weighted by molar-refractivity contribution is 8.20. The summed E-state index contributed by atoms with van der Waals surface area (Å²) in [6.07, 6.45) is 0. The molecule has 2 atom stereocenters. The van der Waals surface area contributed by atoms with Crippen molar-refractivity contribution in [1.82, 2.24) is 0 Å². The first-order valence-electron chi connectivity index (χ1n) is 5.84. The van der Waals surface area contributed by atoms with Crippen molar-refractivity contribution in [3.8, 4) is 0 Å². The first-order chi connectivity index (χ1) is 8.85. The topological polar surface area (TPSA) is 57.6 Å². The maximum atomic E-state index is 10.9. The number of rotatable bonds is 4. The van der Waals surface area contributed by atoms with Gasteiger partial charge in [-0.05, 0) is 17.7 Å². The van der Waals surface area contributed by atoms with Gasteiger partial charge < -0.3 is 4.90 Å². The molecular weight excluding hydrogens is 302 g/mol. The second-order valence-electron chi connectivity index (χ2n) is 4.66. The molecule has 4 nitrogen and oxygen atoms in total. The Morgan fingerprint density at radius 3 is 2.47 bits per heavy atom. The fourth-order valence-electron chi connectivity index (χ4n) is 1.87. The van der Waals surface area contributed by atoms with E-state index in [2.05, 4.69) is 24.3 Å². The standard InChI is InChI=1S/C12H17NO3S3/c1-13(2)10-5-3-9(4-6-10)12-17-7-11(18-12)8-19(14,15)16/h3-6,11-12H,7-8H2,1-2H3,(H,14,15,16). The van der Waals surface area contributed by atoms with Crippen molar-refractivity contribution >= 4 is 39.3 Å². The summed E-state index contributed by atoms with van der Waals surface area (Å²) in [5.74, 6) is 0.599. The Bertz CT molecular complexity index is 528. The van der Waals surface area contributed by atoms with Gasteiger partial charge >= 0.3 is 0 Å². The predicted octanol–water partition coefficient (Wildman–Crippen LogP) is 2.49. The Hall–Kier alpha value is -0.370. The zero-order valence-corrected chi connectivity index (χ0v) is 13.3. The predicted molar refractivity (Wildman–Crippen MR) is 83.8 cm³/mol. The van der Waals surface area contributed by atoms with Gasteiger partial charge in [0.05, 0.1) is 10.3 Å². The highest BCUT2D eigenvalue weighted by Gasteiger charge is 2.30. The van der Waals surface area contributed by atoms with Gasteiger partial charge in [-0.2, -0.15) is 8.42 Å². The van der Waals surface area contributed by atoms with Crippen molar-refractivity contribution in [2.75, 3.05) is 30.5 Å². The van der Waals surface area contributed by atoms with Gasteiger partial charge in [0, 0.05) is 30.8 Å². The average molecular weight is 319 g/mol. The summed E-state index contributed by atoms with van der Waals surface area (Å²) in [5, 5.41) is -0.0291. The van der Waals surface area contributed by atoms with E-state index in [1.54, 1.807) is 23.5 Å². The molecule has 106 valence electrons. The third-order valence-corrected chi connectivity index (χ3v) is 7.22. The normalized spacial score (nSPS) is 23.5. The maximum Gasteiger partial charge on any atom is 0.265 e. The molecule has 0 spiro atoms. The van der Waals surface area contributed by atoms with Gasteiger partial charge in [0.1, 0.15) is 0 Å². The van der Waals surface area contributed by atoms with Gasteiger partial charge in [0.15, 0.2) is 0 Å². The highest BCUT2D eigenvalue weighted by Crippen LogP contribution is 2.49. The van der Waals surface area contributed by atoms with Crippen molar-refractivity contribution in [1.29, 1.82) is 0 Å². The van der Waals surface area contributed by atoms with E-state index in [0.29, 0.717) is 0 Å². The largest absolute Gasteiger partial charge is 0.378 e.